The first-order valence-corrected chi connectivity index (χ1v) is 10.5. The fraction of sp³-hybridized carbons (Fsp3) is 0.154. The average Bonchev–Trinajstić information content (AvgIpc) is 3.14. The molecule has 0 fully saturated rings. The van der Waals surface area contributed by atoms with Gasteiger partial charge in [-0.25, -0.2) is 0 Å². The smallest absolute Gasteiger partial charge is 0.406 e. The zero-order chi connectivity index (χ0) is 24.3. The molecule has 3 aromatic rings. The Bertz CT molecular complexity index is 1250. The maximum absolute atomic E-state index is 13.4. The molecule has 1 aliphatic heterocycles. The van der Waals surface area contributed by atoms with Crippen LogP contribution in [0.5, 0.6) is 5.75 Å². The van der Waals surface area contributed by atoms with Gasteiger partial charge in [-0.1, -0.05) is 42.5 Å². The molecule has 34 heavy (non-hydrogen) atoms. The molecule has 3 aromatic carbocycles. The highest BCUT2D eigenvalue weighted by Crippen LogP contribution is 2.37. The van der Waals surface area contributed by atoms with Gasteiger partial charge in [0.1, 0.15) is 5.75 Å². The molecule has 1 amide bonds. The Morgan fingerprint density at radius 1 is 1.03 bits per heavy atom. The van der Waals surface area contributed by atoms with Gasteiger partial charge in [0.15, 0.2) is 0 Å². The van der Waals surface area contributed by atoms with E-state index in [1.54, 1.807) is 36.4 Å². The number of benzene rings is 3. The molecular formula is C26H20F3N3O2. The number of alkyl halides is 3. The molecule has 1 N–H and O–H groups in total. The normalized spacial score (nSPS) is 16.6. The van der Waals surface area contributed by atoms with Crippen LogP contribution < -0.4 is 15.0 Å². The lowest BCUT2D eigenvalue weighted by Gasteiger charge is -2.26. The molecule has 1 aliphatic rings. The second-order valence-corrected chi connectivity index (χ2v) is 7.76. The van der Waals surface area contributed by atoms with Gasteiger partial charge in [0.25, 0.3) is 5.91 Å². The van der Waals surface area contributed by atoms with Crippen molar-refractivity contribution in [3.05, 3.63) is 107 Å². The summed E-state index contributed by atoms with van der Waals surface area (Å²) in [6, 6.07) is 22.7. The lowest BCUT2D eigenvalue weighted by Crippen LogP contribution is -2.33. The monoisotopic (exact) mass is 463 g/mol. The molecule has 0 aliphatic carbocycles. The van der Waals surface area contributed by atoms with Crippen LogP contribution >= 0.6 is 0 Å². The van der Waals surface area contributed by atoms with E-state index >= 15 is 0 Å². The van der Waals surface area contributed by atoms with Gasteiger partial charge in [-0.15, -0.1) is 13.2 Å². The third-order valence-corrected chi connectivity index (χ3v) is 5.43. The van der Waals surface area contributed by atoms with Crippen LogP contribution in [0.3, 0.4) is 0 Å². The maximum Gasteiger partial charge on any atom is 0.573 e. The van der Waals surface area contributed by atoms with Crippen molar-refractivity contribution in [2.45, 2.75) is 25.4 Å². The van der Waals surface area contributed by atoms with E-state index < -0.39 is 12.4 Å². The van der Waals surface area contributed by atoms with Crippen LogP contribution in [0.1, 0.15) is 35.7 Å². The highest BCUT2D eigenvalue weighted by atomic mass is 19.4. The molecule has 0 saturated carbocycles. The van der Waals surface area contributed by atoms with E-state index in [4.69, 9.17) is 5.26 Å². The Balaban J connectivity index is 1.70. The summed E-state index contributed by atoms with van der Waals surface area (Å²) < 4.78 is 42.3. The van der Waals surface area contributed by atoms with Crippen molar-refractivity contribution in [2.75, 3.05) is 4.90 Å². The number of carbonyl (C=O) groups excluding carboxylic acids is 1. The number of ether oxygens (including phenoxy) is 1. The molecule has 5 nitrogen and oxygen atoms in total. The highest BCUT2D eigenvalue weighted by Gasteiger charge is 2.36. The summed E-state index contributed by atoms with van der Waals surface area (Å²) in [6.07, 6.45) is -3.14. The van der Waals surface area contributed by atoms with Crippen LogP contribution in [-0.2, 0) is 4.79 Å². The topological polar surface area (TPSA) is 65.4 Å². The number of rotatable bonds is 6. The number of amides is 1. The van der Waals surface area contributed by atoms with Crippen molar-refractivity contribution in [3.8, 4) is 11.8 Å². The summed E-state index contributed by atoms with van der Waals surface area (Å²) in [5.41, 5.74) is 2.69. The Morgan fingerprint density at radius 3 is 2.38 bits per heavy atom. The largest absolute Gasteiger partial charge is 0.573 e. The van der Waals surface area contributed by atoms with E-state index in [-0.39, 0.29) is 17.7 Å². The van der Waals surface area contributed by atoms with Crippen LogP contribution in [0.25, 0.3) is 0 Å². The molecule has 0 saturated heterocycles. The lowest BCUT2D eigenvalue weighted by molar-refractivity contribution is -0.274. The fourth-order valence-electron chi connectivity index (χ4n) is 3.84. The van der Waals surface area contributed by atoms with Crippen LogP contribution in [0.2, 0.25) is 0 Å². The Labute approximate surface area is 194 Å². The SMILES string of the molecule is CC(NC1=C[C@H](c2cccc(OC(F)(F)F)c2)N(c2ccc(C#N)cc2)C1=O)c1ccccc1. The molecule has 2 atom stereocenters. The second kappa shape index (κ2) is 9.32. The summed E-state index contributed by atoms with van der Waals surface area (Å²) in [5, 5.41) is 12.3. The molecule has 4 rings (SSSR count). The van der Waals surface area contributed by atoms with Crippen molar-refractivity contribution >= 4 is 11.6 Å². The molecule has 0 spiro atoms. The third-order valence-electron chi connectivity index (χ3n) is 5.43. The number of nitrogens with zero attached hydrogens (tertiary/aromatic N) is 2. The summed E-state index contributed by atoms with van der Waals surface area (Å²) in [4.78, 5) is 14.9. The minimum Gasteiger partial charge on any atom is -0.406 e. The number of hydrogen-bond donors (Lipinski definition) is 1. The van der Waals surface area contributed by atoms with E-state index in [2.05, 4.69) is 10.1 Å². The van der Waals surface area contributed by atoms with E-state index in [1.807, 2.05) is 43.3 Å². The van der Waals surface area contributed by atoms with E-state index in [1.165, 1.54) is 23.1 Å². The summed E-state index contributed by atoms with van der Waals surface area (Å²) in [7, 11) is 0. The van der Waals surface area contributed by atoms with Crippen molar-refractivity contribution in [2.24, 2.45) is 0 Å². The van der Waals surface area contributed by atoms with Gasteiger partial charge < -0.3 is 10.1 Å². The predicted octanol–water partition coefficient (Wildman–Crippen LogP) is 5.78. The molecule has 0 aromatic heterocycles. The number of hydrogen-bond acceptors (Lipinski definition) is 4. The van der Waals surface area contributed by atoms with Gasteiger partial charge in [-0.3, -0.25) is 9.69 Å². The van der Waals surface area contributed by atoms with Crippen LogP contribution in [0.15, 0.2) is 90.6 Å². The minimum atomic E-state index is -4.83. The summed E-state index contributed by atoms with van der Waals surface area (Å²) >= 11 is 0. The number of halogens is 3. The minimum absolute atomic E-state index is 0.183. The summed E-state index contributed by atoms with van der Waals surface area (Å²) in [6.45, 7) is 1.92. The third kappa shape index (κ3) is 5.04. The van der Waals surface area contributed by atoms with Crippen molar-refractivity contribution in [1.82, 2.24) is 5.32 Å². The Kier molecular flexibility index (Phi) is 6.28. The first kappa shape index (κ1) is 22.9. The fourth-order valence-corrected chi connectivity index (χ4v) is 3.84. The van der Waals surface area contributed by atoms with Gasteiger partial charge >= 0.3 is 6.36 Å². The van der Waals surface area contributed by atoms with Gasteiger partial charge in [0, 0.05) is 11.7 Å². The van der Waals surface area contributed by atoms with Crippen LogP contribution in [0, 0.1) is 11.3 Å². The predicted molar refractivity (Wildman–Crippen MR) is 121 cm³/mol. The molecule has 1 heterocycles. The molecular weight excluding hydrogens is 443 g/mol. The molecule has 172 valence electrons. The second-order valence-electron chi connectivity index (χ2n) is 7.76. The van der Waals surface area contributed by atoms with Crippen molar-refractivity contribution in [1.29, 1.82) is 5.26 Å². The van der Waals surface area contributed by atoms with Gasteiger partial charge in [-0.2, -0.15) is 5.26 Å². The van der Waals surface area contributed by atoms with E-state index in [0.29, 0.717) is 22.5 Å². The maximum atomic E-state index is 13.4. The Morgan fingerprint density at radius 2 is 1.74 bits per heavy atom. The standard InChI is InChI=1S/C26H20F3N3O2/c1-17(19-6-3-2-4-7-19)31-23-15-24(20-8-5-9-22(14-20)34-26(27,28)29)32(25(23)33)21-12-10-18(16-30)11-13-21/h2-15,17,24,31H,1H3/t17?,24-/m1/s1. The average molecular weight is 463 g/mol. The zero-order valence-corrected chi connectivity index (χ0v) is 18.1. The highest BCUT2D eigenvalue weighted by molar-refractivity contribution is 6.09. The quantitative estimate of drug-likeness (QED) is 0.503. The van der Waals surface area contributed by atoms with Crippen LogP contribution in [0.4, 0.5) is 18.9 Å². The van der Waals surface area contributed by atoms with Gasteiger partial charge in [-0.05, 0) is 60.5 Å². The molecule has 0 radical (unpaired) electrons. The number of carbonyl (C=O) groups is 1. The van der Waals surface area contributed by atoms with Gasteiger partial charge in [0.2, 0.25) is 0 Å². The molecule has 8 heteroatoms. The Hall–Kier alpha value is -4.25. The van der Waals surface area contributed by atoms with Crippen molar-refractivity contribution < 1.29 is 22.7 Å². The molecule has 1 unspecified atom stereocenters. The first-order valence-electron chi connectivity index (χ1n) is 10.5. The number of nitriles is 1. The number of nitrogens with one attached hydrogen (secondary N) is 1. The first-order chi connectivity index (χ1) is 16.2. The van der Waals surface area contributed by atoms with Gasteiger partial charge in [0.05, 0.1) is 23.4 Å². The molecule has 0 bridgehead atoms. The van der Waals surface area contributed by atoms with Crippen LogP contribution in [-0.4, -0.2) is 12.3 Å². The van der Waals surface area contributed by atoms with Crippen molar-refractivity contribution in [3.63, 3.8) is 0 Å². The number of anilines is 1. The summed E-state index contributed by atoms with van der Waals surface area (Å²) in [5.74, 6) is -0.704. The van der Waals surface area contributed by atoms with E-state index in [9.17, 15) is 18.0 Å². The zero-order valence-electron chi connectivity index (χ0n) is 18.1. The lowest BCUT2D eigenvalue weighted by atomic mass is 10.1. The van der Waals surface area contributed by atoms with E-state index in [0.717, 1.165) is 5.56 Å².